The average molecular weight is 314 g/mol. The van der Waals surface area contributed by atoms with Crippen LogP contribution in [0, 0.1) is 12.8 Å². The van der Waals surface area contributed by atoms with Crippen LogP contribution in [0.3, 0.4) is 0 Å². The van der Waals surface area contributed by atoms with Gasteiger partial charge in [0.15, 0.2) is 0 Å². The number of anilines is 1. The Labute approximate surface area is 115 Å². The minimum atomic E-state index is 0.160. The Balaban J connectivity index is 1.99. The van der Waals surface area contributed by atoms with Gasteiger partial charge in [-0.3, -0.25) is 4.79 Å². The summed E-state index contributed by atoms with van der Waals surface area (Å²) in [5.41, 5.74) is 2.05. The molecule has 2 rings (SSSR count). The van der Waals surface area contributed by atoms with Gasteiger partial charge in [0.25, 0.3) is 0 Å². The molecule has 1 saturated heterocycles. The van der Waals surface area contributed by atoms with Crippen LogP contribution in [-0.2, 0) is 4.79 Å². The molecule has 0 aromatic heterocycles. The molecule has 1 N–H and O–H groups in total. The molecule has 1 fully saturated rings. The first-order valence-corrected chi connectivity index (χ1v) is 7.76. The molecule has 0 aliphatic carbocycles. The zero-order valence-electron chi connectivity index (χ0n) is 9.83. The van der Waals surface area contributed by atoms with Gasteiger partial charge in [0, 0.05) is 21.8 Å². The summed E-state index contributed by atoms with van der Waals surface area (Å²) >= 11 is 5.35. The molecule has 1 atom stereocenters. The lowest BCUT2D eigenvalue weighted by Crippen LogP contribution is -2.27. The van der Waals surface area contributed by atoms with E-state index in [9.17, 15) is 4.79 Å². The van der Waals surface area contributed by atoms with Crippen molar-refractivity contribution in [3.05, 3.63) is 28.2 Å². The zero-order valence-corrected chi connectivity index (χ0v) is 12.2. The van der Waals surface area contributed by atoms with Crippen LogP contribution >= 0.6 is 27.7 Å². The van der Waals surface area contributed by atoms with Gasteiger partial charge < -0.3 is 5.32 Å². The highest BCUT2D eigenvalue weighted by molar-refractivity contribution is 9.10. The lowest BCUT2D eigenvalue weighted by atomic mass is 10.0. The van der Waals surface area contributed by atoms with E-state index < -0.39 is 0 Å². The summed E-state index contributed by atoms with van der Waals surface area (Å²) in [4.78, 5) is 12.0. The van der Waals surface area contributed by atoms with Crippen molar-refractivity contribution in [1.29, 1.82) is 0 Å². The highest BCUT2D eigenvalue weighted by Gasteiger charge is 2.21. The number of aryl methyl sites for hydroxylation is 1. The summed E-state index contributed by atoms with van der Waals surface area (Å²) < 4.78 is 1.04. The first-order valence-electron chi connectivity index (χ1n) is 5.81. The molecule has 0 radical (unpaired) electrons. The predicted molar refractivity (Wildman–Crippen MR) is 77.6 cm³/mol. The maximum Gasteiger partial charge on any atom is 0.228 e. The van der Waals surface area contributed by atoms with Crippen molar-refractivity contribution in [3.8, 4) is 0 Å². The third-order valence-corrected chi connectivity index (χ3v) is 5.04. The van der Waals surface area contributed by atoms with E-state index in [0.29, 0.717) is 0 Å². The summed E-state index contributed by atoms with van der Waals surface area (Å²) in [6, 6.07) is 5.92. The zero-order chi connectivity index (χ0) is 12.3. The Hall–Kier alpha value is -0.480. The molecule has 0 spiro atoms. The molecule has 1 aliphatic heterocycles. The first kappa shape index (κ1) is 13.0. The molecule has 0 saturated carbocycles. The Bertz CT molecular complexity index is 416. The number of thioether (sulfide) groups is 1. The molecule has 1 aromatic carbocycles. The Morgan fingerprint density at radius 3 is 3.00 bits per heavy atom. The fourth-order valence-corrected chi connectivity index (χ4v) is 3.38. The smallest absolute Gasteiger partial charge is 0.228 e. The molecular weight excluding hydrogens is 298 g/mol. The third kappa shape index (κ3) is 3.49. The minimum Gasteiger partial charge on any atom is -0.326 e. The second-order valence-corrected chi connectivity index (χ2v) is 6.37. The van der Waals surface area contributed by atoms with Crippen molar-refractivity contribution in [3.63, 3.8) is 0 Å². The molecule has 2 nitrogen and oxygen atoms in total. The monoisotopic (exact) mass is 313 g/mol. The Morgan fingerprint density at radius 2 is 2.35 bits per heavy atom. The standard InChI is InChI=1S/C13H16BrNOS/c1-9-4-5-11(7-12(9)14)15-13(16)10-3-2-6-17-8-10/h4-5,7,10H,2-3,6,8H2,1H3,(H,15,16). The van der Waals surface area contributed by atoms with E-state index in [1.165, 1.54) is 11.3 Å². The summed E-state index contributed by atoms with van der Waals surface area (Å²) in [6.45, 7) is 2.04. The van der Waals surface area contributed by atoms with Gasteiger partial charge >= 0.3 is 0 Å². The van der Waals surface area contributed by atoms with E-state index in [4.69, 9.17) is 0 Å². The van der Waals surface area contributed by atoms with Crippen LogP contribution < -0.4 is 5.32 Å². The van der Waals surface area contributed by atoms with E-state index in [0.717, 1.165) is 28.8 Å². The molecule has 1 amide bonds. The fourth-order valence-electron chi connectivity index (χ4n) is 1.86. The predicted octanol–water partition coefficient (Wildman–Crippen LogP) is 3.84. The van der Waals surface area contributed by atoms with Crippen LogP contribution in [0.25, 0.3) is 0 Å². The van der Waals surface area contributed by atoms with Crippen LogP contribution in [0.1, 0.15) is 18.4 Å². The largest absolute Gasteiger partial charge is 0.326 e. The number of hydrogen-bond acceptors (Lipinski definition) is 2. The van der Waals surface area contributed by atoms with Crippen molar-refractivity contribution in [1.82, 2.24) is 0 Å². The molecule has 0 bridgehead atoms. The van der Waals surface area contributed by atoms with Crippen LogP contribution in [0.5, 0.6) is 0 Å². The van der Waals surface area contributed by atoms with Crippen molar-refractivity contribution in [2.45, 2.75) is 19.8 Å². The molecule has 1 unspecified atom stereocenters. The fraction of sp³-hybridized carbons (Fsp3) is 0.462. The molecular formula is C13H16BrNOS. The number of carbonyl (C=O) groups excluding carboxylic acids is 1. The van der Waals surface area contributed by atoms with Crippen LogP contribution in [0.15, 0.2) is 22.7 Å². The average Bonchev–Trinajstić information content (AvgIpc) is 2.35. The molecule has 1 aromatic rings. The normalized spacial score (nSPS) is 20.0. The number of hydrogen-bond donors (Lipinski definition) is 1. The molecule has 1 aliphatic rings. The van der Waals surface area contributed by atoms with E-state index >= 15 is 0 Å². The van der Waals surface area contributed by atoms with Gasteiger partial charge in [-0.1, -0.05) is 22.0 Å². The number of rotatable bonds is 2. The van der Waals surface area contributed by atoms with Gasteiger partial charge in [-0.15, -0.1) is 0 Å². The second kappa shape index (κ2) is 5.91. The Morgan fingerprint density at radius 1 is 1.53 bits per heavy atom. The molecule has 92 valence electrons. The van der Waals surface area contributed by atoms with Crippen molar-refractivity contribution in [2.75, 3.05) is 16.8 Å². The van der Waals surface area contributed by atoms with Gasteiger partial charge in [0.1, 0.15) is 0 Å². The van der Waals surface area contributed by atoms with Gasteiger partial charge in [-0.25, -0.2) is 0 Å². The Kier molecular flexibility index (Phi) is 4.51. The highest BCUT2D eigenvalue weighted by atomic mass is 79.9. The van der Waals surface area contributed by atoms with Crippen LogP contribution in [0.4, 0.5) is 5.69 Å². The highest BCUT2D eigenvalue weighted by Crippen LogP contribution is 2.25. The number of carbonyl (C=O) groups is 1. The van der Waals surface area contributed by atoms with Crippen LogP contribution in [-0.4, -0.2) is 17.4 Å². The van der Waals surface area contributed by atoms with Crippen molar-refractivity contribution >= 4 is 39.3 Å². The van der Waals surface area contributed by atoms with E-state index in [-0.39, 0.29) is 11.8 Å². The van der Waals surface area contributed by atoms with Gasteiger partial charge in [-0.2, -0.15) is 11.8 Å². The third-order valence-electron chi connectivity index (χ3n) is 2.97. The SMILES string of the molecule is Cc1ccc(NC(=O)C2CCCSC2)cc1Br. The molecule has 1 heterocycles. The van der Waals surface area contributed by atoms with Gasteiger partial charge in [0.05, 0.1) is 0 Å². The summed E-state index contributed by atoms with van der Waals surface area (Å²) in [7, 11) is 0. The second-order valence-electron chi connectivity index (χ2n) is 4.37. The summed E-state index contributed by atoms with van der Waals surface area (Å²) in [5.74, 6) is 2.49. The van der Waals surface area contributed by atoms with E-state index in [2.05, 4.69) is 21.2 Å². The first-order chi connectivity index (χ1) is 8.16. The van der Waals surface area contributed by atoms with Crippen molar-refractivity contribution < 1.29 is 4.79 Å². The minimum absolute atomic E-state index is 0.160. The maximum absolute atomic E-state index is 12.0. The lowest BCUT2D eigenvalue weighted by Gasteiger charge is -2.20. The quantitative estimate of drug-likeness (QED) is 0.898. The van der Waals surface area contributed by atoms with E-state index in [1.54, 1.807) is 0 Å². The summed E-state index contributed by atoms with van der Waals surface area (Å²) in [5, 5.41) is 3.00. The van der Waals surface area contributed by atoms with Crippen LogP contribution in [0.2, 0.25) is 0 Å². The summed E-state index contributed by atoms with van der Waals surface area (Å²) in [6.07, 6.45) is 2.17. The number of halogens is 1. The van der Waals surface area contributed by atoms with E-state index in [1.807, 2.05) is 36.9 Å². The lowest BCUT2D eigenvalue weighted by molar-refractivity contribution is -0.119. The number of benzene rings is 1. The van der Waals surface area contributed by atoms with Crippen molar-refractivity contribution in [2.24, 2.45) is 5.92 Å². The van der Waals surface area contributed by atoms with Gasteiger partial charge in [0.2, 0.25) is 5.91 Å². The molecule has 17 heavy (non-hydrogen) atoms. The topological polar surface area (TPSA) is 29.1 Å². The molecule has 4 heteroatoms. The number of nitrogens with one attached hydrogen (secondary N) is 1. The van der Waals surface area contributed by atoms with Gasteiger partial charge in [-0.05, 0) is 43.2 Å². The maximum atomic E-state index is 12.0. The number of amides is 1.